The average Bonchev–Trinajstić information content (AvgIpc) is 2.75. The second-order valence-electron chi connectivity index (χ2n) is 4.52. The fourth-order valence-electron chi connectivity index (χ4n) is 1.87. The Hall–Kier alpha value is -0.810. The molecule has 104 valence electrons. The normalized spacial score (nSPS) is 11.9. The fourth-order valence-corrected chi connectivity index (χ4v) is 3.17. The second-order valence-corrected chi connectivity index (χ2v) is 6.83. The third-order valence-corrected chi connectivity index (χ3v) is 4.65. The van der Waals surface area contributed by atoms with E-state index in [0.29, 0.717) is 13.0 Å². The molecule has 1 aromatic rings. The topological polar surface area (TPSA) is 51.1 Å². The summed E-state index contributed by atoms with van der Waals surface area (Å²) >= 11 is 0. The molecular formula is C13H24N2O2S. The molecule has 0 amide bonds. The first-order valence-electron chi connectivity index (χ1n) is 6.64. The Labute approximate surface area is 110 Å². The molecule has 0 bridgehead atoms. The van der Waals surface area contributed by atoms with Gasteiger partial charge in [-0.1, -0.05) is 13.8 Å². The van der Waals surface area contributed by atoms with E-state index in [4.69, 9.17) is 0 Å². The Morgan fingerprint density at radius 1 is 1.22 bits per heavy atom. The highest BCUT2D eigenvalue weighted by molar-refractivity contribution is 7.91. The van der Waals surface area contributed by atoms with Crippen molar-refractivity contribution in [3.05, 3.63) is 24.0 Å². The highest BCUT2D eigenvalue weighted by Crippen LogP contribution is 2.04. The van der Waals surface area contributed by atoms with E-state index < -0.39 is 9.84 Å². The molecule has 0 radical (unpaired) electrons. The molecule has 1 heterocycles. The standard InChI is InChI=1S/C13H24N2O2S/c1-3-7-14-12-13-6-5-8-15(13)9-11-18(16,17)10-4-2/h5-6,8,14H,3-4,7,9-12H2,1-2H3. The maximum atomic E-state index is 11.7. The van der Waals surface area contributed by atoms with Crippen molar-refractivity contribution in [1.82, 2.24) is 9.88 Å². The minimum atomic E-state index is -2.89. The van der Waals surface area contributed by atoms with Crippen molar-refractivity contribution in [2.75, 3.05) is 18.1 Å². The van der Waals surface area contributed by atoms with Crippen LogP contribution in [0, 0.1) is 0 Å². The first kappa shape index (κ1) is 15.2. The van der Waals surface area contributed by atoms with Crippen LogP contribution >= 0.6 is 0 Å². The number of nitrogens with zero attached hydrogens (tertiary/aromatic N) is 1. The van der Waals surface area contributed by atoms with Crippen molar-refractivity contribution >= 4 is 9.84 Å². The molecule has 0 saturated carbocycles. The van der Waals surface area contributed by atoms with Gasteiger partial charge in [-0.2, -0.15) is 0 Å². The largest absolute Gasteiger partial charge is 0.349 e. The maximum absolute atomic E-state index is 11.7. The Morgan fingerprint density at radius 2 is 2.00 bits per heavy atom. The molecule has 0 aromatic carbocycles. The number of rotatable bonds is 9. The van der Waals surface area contributed by atoms with Gasteiger partial charge >= 0.3 is 0 Å². The van der Waals surface area contributed by atoms with Gasteiger partial charge in [0.25, 0.3) is 0 Å². The van der Waals surface area contributed by atoms with Gasteiger partial charge in [0.15, 0.2) is 9.84 Å². The average molecular weight is 272 g/mol. The van der Waals surface area contributed by atoms with Crippen molar-refractivity contribution in [3.63, 3.8) is 0 Å². The summed E-state index contributed by atoms with van der Waals surface area (Å²) in [6.45, 7) is 6.36. The molecule has 0 atom stereocenters. The van der Waals surface area contributed by atoms with Crippen molar-refractivity contribution in [3.8, 4) is 0 Å². The quantitative estimate of drug-likeness (QED) is 0.698. The Morgan fingerprint density at radius 3 is 2.67 bits per heavy atom. The number of aromatic nitrogens is 1. The molecule has 0 unspecified atom stereocenters. The molecule has 0 aliphatic carbocycles. The molecule has 0 aliphatic heterocycles. The zero-order valence-electron chi connectivity index (χ0n) is 11.4. The van der Waals surface area contributed by atoms with Crippen LogP contribution in [0.15, 0.2) is 18.3 Å². The Bertz CT molecular complexity index is 438. The van der Waals surface area contributed by atoms with E-state index >= 15 is 0 Å². The predicted octanol–water partition coefficient (Wildman–Crippen LogP) is 1.81. The molecule has 5 heteroatoms. The molecule has 0 aliphatic rings. The Balaban J connectivity index is 2.50. The van der Waals surface area contributed by atoms with Gasteiger partial charge in [-0.15, -0.1) is 0 Å². The fraction of sp³-hybridized carbons (Fsp3) is 0.692. The van der Waals surface area contributed by atoms with Crippen LogP contribution in [0.2, 0.25) is 0 Å². The van der Waals surface area contributed by atoms with E-state index in [1.165, 1.54) is 0 Å². The Kier molecular flexibility index (Phi) is 6.43. The molecule has 0 spiro atoms. The highest BCUT2D eigenvalue weighted by Gasteiger charge is 2.10. The molecule has 1 N–H and O–H groups in total. The summed E-state index contributed by atoms with van der Waals surface area (Å²) in [6.07, 6.45) is 3.74. The predicted molar refractivity (Wildman–Crippen MR) is 75.4 cm³/mol. The lowest BCUT2D eigenvalue weighted by Crippen LogP contribution is -2.20. The third kappa shape index (κ3) is 5.23. The minimum Gasteiger partial charge on any atom is -0.349 e. The van der Waals surface area contributed by atoms with Crippen LogP contribution < -0.4 is 5.32 Å². The van der Waals surface area contributed by atoms with Crippen LogP contribution in [0.4, 0.5) is 0 Å². The minimum absolute atomic E-state index is 0.232. The lowest BCUT2D eigenvalue weighted by molar-refractivity contribution is 0.581. The molecule has 0 fully saturated rings. The summed E-state index contributed by atoms with van der Waals surface area (Å²) in [6, 6.07) is 4.00. The van der Waals surface area contributed by atoms with Gasteiger partial charge in [-0.05, 0) is 31.5 Å². The van der Waals surface area contributed by atoms with E-state index in [1.807, 2.05) is 29.8 Å². The lowest BCUT2D eigenvalue weighted by atomic mass is 10.4. The first-order chi connectivity index (χ1) is 8.59. The summed E-state index contributed by atoms with van der Waals surface area (Å²) < 4.78 is 25.4. The summed E-state index contributed by atoms with van der Waals surface area (Å²) in [5, 5.41) is 3.33. The maximum Gasteiger partial charge on any atom is 0.152 e. The van der Waals surface area contributed by atoms with E-state index in [9.17, 15) is 8.42 Å². The summed E-state index contributed by atoms with van der Waals surface area (Å²) in [5.41, 5.74) is 1.15. The number of sulfone groups is 1. The zero-order valence-corrected chi connectivity index (χ0v) is 12.2. The van der Waals surface area contributed by atoms with Gasteiger partial charge in [0.2, 0.25) is 0 Å². The SMILES string of the molecule is CCCNCc1cccn1CCS(=O)(=O)CCC. The molecule has 18 heavy (non-hydrogen) atoms. The van der Waals surface area contributed by atoms with Gasteiger partial charge in [-0.25, -0.2) is 8.42 Å². The second kappa shape index (κ2) is 7.59. The van der Waals surface area contributed by atoms with Crippen molar-refractivity contribution in [2.24, 2.45) is 0 Å². The van der Waals surface area contributed by atoms with E-state index in [1.54, 1.807) is 0 Å². The number of hydrogen-bond acceptors (Lipinski definition) is 3. The van der Waals surface area contributed by atoms with Crippen molar-refractivity contribution in [1.29, 1.82) is 0 Å². The van der Waals surface area contributed by atoms with E-state index in [2.05, 4.69) is 12.2 Å². The molecule has 0 saturated heterocycles. The van der Waals surface area contributed by atoms with E-state index in [0.717, 1.165) is 25.2 Å². The first-order valence-corrected chi connectivity index (χ1v) is 8.46. The van der Waals surface area contributed by atoms with Crippen LogP contribution in [0.25, 0.3) is 0 Å². The molecule has 1 rings (SSSR count). The summed E-state index contributed by atoms with van der Waals surface area (Å²) in [7, 11) is -2.89. The molecule has 1 aromatic heterocycles. The number of aryl methyl sites for hydroxylation is 1. The third-order valence-electron chi connectivity index (χ3n) is 2.81. The molecule has 4 nitrogen and oxygen atoms in total. The summed E-state index contributed by atoms with van der Waals surface area (Å²) in [4.78, 5) is 0. The van der Waals surface area contributed by atoms with Crippen molar-refractivity contribution < 1.29 is 8.42 Å². The van der Waals surface area contributed by atoms with Crippen LogP contribution in [0.3, 0.4) is 0 Å². The van der Waals surface area contributed by atoms with Gasteiger partial charge < -0.3 is 9.88 Å². The van der Waals surface area contributed by atoms with Gasteiger partial charge in [-0.3, -0.25) is 0 Å². The van der Waals surface area contributed by atoms with Crippen molar-refractivity contribution in [2.45, 2.75) is 39.8 Å². The van der Waals surface area contributed by atoms with Gasteiger partial charge in [0.1, 0.15) is 0 Å². The number of nitrogens with one attached hydrogen (secondary N) is 1. The monoisotopic (exact) mass is 272 g/mol. The van der Waals surface area contributed by atoms with E-state index in [-0.39, 0.29) is 11.5 Å². The van der Waals surface area contributed by atoms with Crippen LogP contribution in [-0.4, -0.2) is 31.0 Å². The van der Waals surface area contributed by atoms with Gasteiger partial charge in [0, 0.05) is 30.7 Å². The lowest BCUT2D eigenvalue weighted by Gasteiger charge is -2.10. The summed E-state index contributed by atoms with van der Waals surface area (Å²) in [5.74, 6) is 0.522. The smallest absolute Gasteiger partial charge is 0.152 e. The number of hydrogen-bond donors (Lipinski definition) is 1. The van der Waals surface area contributed by atoms with Crippen LogP contribution in [-0.2, 0) is 22.9 Å². The molecular weight excluding hydrogens is 248 g/mol. The van der Waals surface area contributed by atoms with Gasteiger partial charge in [0.05, 0.1) is 5.75 Å². The highest BCUT2D eigenvalue weighted by atomic mass is 32.2. The zero-order chi connectivity index (χ0) is 13.4. The van der Waals surface area contributed by atoms with Crippen LogP contribution in [0.5, 0.6) is 0 Å². The van der Waals surface area contributed by atoms with Crippen LogP contribution in [0.1, 0.15) is 32.4 Å².